The highest BCUT2D eigenvalue weighted by Gasteiger charge is 2.31. The number of amides is 2. The van der Waals surface area contributed by atoms with Crippen LogP contribution in [0.5, 0.6) is 0 Å². The van der Waals surface area contributed by atoms with E-state index in [-0.39, 0.29) is 24.5 Å². The molecule has 3 atom stereocenters. The molecule has 4 rings (SSSR count). The number of hydrogen-bond acceptors (Lipinski definition) is 4. The molecule has 180 valence electrons. The molecule has 2 aliphatic carbocycles. The summed E-state index contributed by atoms with van der Waals surface area (Å²) in [5, 5.41) is 15.0. The lowest BCUT2D eigenvalue weighted by atomic mass is 9.85. The topological polar surface area (TPSA) is 105 Å². The lowest BCUT2D eigenvalue weighted by Gasteiger charge is -2.29. The van der Waals surface area contributed by atoms with Gasteiger partial charge in [-0.1, -0.05) is 68.3 Å². The standard InChI is InChI=1S/C27H32N2O5/c1-2-8-24(25(30)28-18-10-7-9-17(15-18)26(31)32)29-27(33)34-16-23-21-13-5-3-11-19(21)20-12-4-6-14-22(20)23/h3-6,11-14,17-18,23-24H,2,7-10,15-16H2,1H3,(H,28,30)(H,29,33)(H,31,32)/t17-,18+,24-/m1/s1. The SMILES string of the molecule is CCC[C@@H](NC(=O)OCC1c2ccccc2-c2ccccc21)C(=O)N[C@H]1CCC[C@@H](C(=O)O)C1. The molecule has 7 heteroatoms. The lowest BCUT2D eigenvalue weighted by molar-refractivity contribution is -0.143. The Morgan fingerprint density at radius 1 is 1.03 bits per heavy atom. The van der Waals surface area contributed by atoms with Gasteiger partial charge in [0.05, 0.1) is 5.92 Å². The van der Waals surface area contributed by atoms with Gasteiger partial charge in [-0.05, 0) is 47.9 Å². The first-order valence-corrected chi connectivity index (χ1v) is 12.1. The van der Waals surface area contributed by atoms with E-state index >= 15 is 0 Å². The fraction of sp³-hybridized carbons (Fsp3) is 0.444. The first kappa shape index (κ1) is 23.8. The van der Waals surface area contributed by atoms with Crippen molar-refractivity contribution in [3.8, 4) is 11.1 Å². The first-order chi connectivity index (χ1) is 16.5. The highest BCUT2D eigenvalue weighted by molar-refractivity contribution is 5.86. The summed E-state index contributed by atoms with van der Waals surface area (Å²) in [6, 6.07) is 15.4. The number of ether oxygens (including phenoxy) is 1. The highest BCUT2D eigenvalue weighted by Crippen LogP contribution is 2.44. The number of rotatable bonds is 8. The predicted molar refractivity (Wildman–Crippen MR) is 128 cm³/mol. The molecule has 0 unspecified atom stereocenters. The first-order valence-electron chi connectivity index (χ1n) is 12.1. The van der Waals surface area contributed by atoms with E-state index in [0.717, 1.165) is 35.1 Å². The van der Waals surface area contributed by atoms with Crippen LogP contribution in [0.1, 0.15) is 62.5 Å². The molecule has 3 N–H and O–H groups in total. The Hall–Kier alpha value is -3.35. The van der Waals surface area contributed by atoms with Crippen LogP contribution in [0, 0.1) is 5.92 Å². The van der Waals surface area contributed by atoms with Crippen LogP contribution in [-0.4, -0.2) is 41.8 Å². The molecule has 0 heterocycles. The molecular weight excluding hydrogens is 432 g/mol. The number of carboxylic acids is 1. The van der Waals surface area contributed by atoms with Crippen molar-refractivity contribution in [2.24, 2.45) is 5.92 Å². The number of fused-ring (bicyclic) bond motifs is 3. The van der Waals surface area contributed by atoms with E-state index in [1.807, 2.05) is 31.2 Å². The van der Waals surface area contributed by atoms with Gasteiger partial charge < -0.3 is 20.5 Å². The molecule has 2 aliphatic rings. The zero-order chi connectivity index (χ0) is 24.1. The van der Waals surface area contributed by atoms with Gasteiger partial charge in [0.2, 0.25) is 5.91 Å². The second-order valence-electron chi connectivity index (χ2n) is 9.22. The van der Waals surface area contributed by atoms with Gasteiger partial charge in [0.25, 0.3) is 0 Å². The number of nitrogens with one attached hydrogen (secondary N) is 2. The second-order valence-corrected chi connectivity index (χ2v) is 9.22. The summed E-state index contributed by atoms with van der Waals surface area (Å²) in [6.07, 6.45) is 3.14. The molecule has 7 nitrogen and oxygen atoms in total. The van der Waals surface area contributed by atoms with Crippen molar-refractivity contribution in [1.82, 2.24) is 10.6 Å². The number of alkyl carbamates (subject to hydrolysis) is 1. The van der Waals surface area contributed by atoms with Crippen LogP contribution in [0.15, 0.2) is 48.5 Å². The molecule has 0 aliphatic heterocycles. The van der Waals surface area contributed by atoms with Crippen molar-refractivity contribution in [3.63, 3.8) is 0 Å². The minimum Gasteiger partial charge on any atom is -0.481 e. The molecule has 34 heavy (non-hydrogen) atoms. The van der Waals surface area contributed by atoms with Crippen molar-refractivity contribution in [2.45, 2.75) is 63.5 Å². The summed E-state index contributed by atoms with van der Waals surface area (Å²) in [7, 11) is 0. The summed E-state index contributed by atoms with van der Waals surface area (Å²) >= 11 is 0. The minimum atomic E-state index is -0.819. The van der Waals surface area contributed by atoms with Gasteiger partial charge in [-0.25, -0.2) is 4.79 Å². The molecule has 0 aromatic heterocycles. The maximum Gasteiger partial charge on any atom is 0.407 e. The predicted octanol–water partition coefficient (Wildman–Crippen LogP) is 4.45. The zero-order valence-electron chi connectivity index (χ0n) is 19.5. The molecule has 0 radical (unpaired) electrons. The molecule has 0 bridgehead atoms. The van der Waals surface area contributed by atoms with Gasteiger partial charge in [0, 0.05) is 12.0 Å². The third-order valence-corrected chi connectivity index (χ3v) is 6.90. The monoisotopic (exact) mass is 464 g/mol. The van der Waals surface area contributed by atoms with Crippen LogP contribution in [-0.2, 0) is 14.3 Å². The fourth-order valence-corrected chi connectivity index (χ4v) is 5.19. The summed E-state index contributed by atoms with van der Waals surface area (Å²) in [5.74, 6) is -1.59. The van der Waals surface area contributed by atoms with E-state index in [2.05, 4.69) is 34.9 Å². The number of benzene rings is 2. The van der Waals surface area contributed by atoms with Crippen LogP contribution >= 0.6 is 0 Å². The number of hydrogen-bond donors (Lipinski definition) is 3. The second kappa shape index (κ2) is 10.7. The van der Waals surface area contributed by atoms with Gasteiger partial charge in [0.15, 0.2) is 0 Å². The maximum atomic E-state index is 12.9. The van der Waals surface area contributed by atoms with Crippen molar-refractivity contribution in [3.05, 3.63) is 59.7 Å². The van der Waals surface area contributed by atoms with Gasteiger partial charge >= 0.3 is 12.1 Å². The maximum absolute atomic E-state index is 12.9. The van der Waals surface area contributed by atoms with Crippen LogP contribution in [0.2, 0.25) is 0 Å². The van der Waals surface area contributed by atoms with Crippen molar-refractivity contribution >= 4 is 18.0 Å². The summed E-state index contributed by atoms with van der Waals surface area (Å²) in [4.78, 5) is 36.8. The molecule has 0 spiro atoms. The summed E-state index contributed by atoms with van der Waals surface area (Å²) in [5.41, 5.74) is 4.57. The van der Waals surface area contributed by atoms with Gasteiger partial charge in [-0.2, -0.15) is 0 Å². The molecular formula is C27H32N2O5. The van der Waals surface area contributed by atoms with E-state index in [1.165, 1.54) is 0 Å². The average Bonchev–Trinajstić information content (AvgIpc) is 3.16. The quantitative estimate of drug-likeness (QED) is 0.535. The number of aliphatic carboxylic acids is 1. The van der Waals surface area contributed by atoms with E-state index in [9.17, 15) is 19.5 Å². The molecule has 1 saturated carbocycles. The van der Waals surface area contributed by atoms with E-state index < -0.39 is 24.0 Å². The summed E-state index contributed by atoms with van der Waals surface area (Å²) in [6.45, 7) is 2.13. The highest BCUT2D eigenvalue weighted by atomic mass is 16.5. The van der Waals surface area contributed by atoms with Crippen LogP contribution < -0.4 is 10.6 Å². The summed E-state index contributed by atoms with van der Waals surface area (Å²) < 4.78 is 5.60. The third kappa shape index (κ3) is 5.24. The van der Waals surface area contributed by atoms with E-state index in [1.54, 1.807) is 0 Å². The molecule has 1 fully saturated rings. The van der Waals surface area contributed by atoms with Crippen LogP contribution in [0.25, 0.3) is 11.1 Å². The number of carboxylic acid groups (broad SMARTS) is 1. The van der Waals surface area contributed by atoms with Crippen molar-refractivity contribution in [1.29, 1.82) is 0 Å². The van der Waals surface area contributed by atoms with Crippen molar-refractivity contribution in [2.75, 3.05) is 6.61 Å². The molecule has 2 amide bonds. The Morgan fingerprint density at radius 2 is 1.68 bits per heavy atom. The van der Waals surface area contributed by atoms with E-state index in [0.29, 0.717) is 25.7 Å². The molecule has 0 saturated heterocycles. The Bertz CT molecular complexity index is 1010. The lowest BCUT2D eigenvalue weighted by Crippen LogP contribution is -2.51. The average molecular weight is 465 g/mol. The smallest absolute Gasteiger partial charge is 0.407 e. The minimum absolute atomic E-state index is 0.0493. The number of carbonyl (C=O) groups is 3. The van der Waals surface area contributed by atoms with Crippen LogP contribution in [0.4, 0.5) is 4.79 Å². The number of carbonyl (C=O) groups excluding carboxylic acids is 2. The van der Waals surface area contributed by atoms with Crippen molar-refractivity contribution < 1.29 is 24.2 Å². The molecule has 2 aromatic carbocycles. The Labute approximate surface area is 199 Å². The van der Waals surface area contributed by atoms with Crippen LogP contribution in [0.3, 0.4) is 0 Å². The Kier molecular flexibility index (Phi) is 7.50. The largest absolute Gasteiger partial charge is 0.481 e. The Morgan fingerprint density at radius 3 is 2.29 bits per heavy atom. The van der Waals surface area contributed by atoms with Gasteiger partial charge in [-0.15, -0.1) is 0 Å². The Balaban J connectivity index is 1.35. The zero-order valence-corrected chi connectivity index (χ0v) is 19.5. The third-order valence-electron chi connectivity index (χ3n) is 6.90. The molecule has 2 aromatic rings. The van der Waals surface area contributed by atoms with E-state index in [4.69, 9.17) is 4.74 Å². The normalized spacial score (nSPS) is 20.0. The fourth-order valence-electron chi connectivity index (χ4n) is 5.19. The van der Waals surface area contributed by atoms with Gasteiger partial charge in [-0.3, -0.25) is 9.59 Å². The van der Waals surface area contributed by atoms with Gasteiger partial charge in [0.1, 0.15) is 12.6 Å².